The van der Waals surface area contributed by atoms with Gasteiger partial charge in [0.2, 0.25) is 0 Å². The molecule has 80 valence electrons. The van der Waals surface area contributed by atoms with Crippen LogP contribution in [-0.2, 0) is 9.47 Å². The number of hydrogen-bond acceptors (Lipinski definition) is 5. The second-order valence-electron chi connectivity index (χ2n) is 2.50. The largest absolute Gasteiger partial charge is 0.465 e. The average Bonchev–Trinajstić information content (AvgIpc) is 2.26. The summed E-state index contributed by atoms with van der Waals surface area (Å²) in [7, 11) is 2.44. The number of hydrogen-bond donors (Lipinski definition) is 0. The van der Waals surface area contributed by atoms with Gasteiger partial charge in [0.05, 0.1) is 14.2 Å². The van der Waals surface area contributed by atoms with Gasteiger partial charge in [-0.1, -0.05) is 0 Å². The minimum absolute atomic E-state index is 0.0619. The molecule has 1 heterocycles. The number of pyridine rings is 1. The van der Waals surface area contributed by atoms with E-state index in [1.807, 2.05) is 0 Å². The maximum atomic E-state index is 11.4. The lowest BCUT2D eigenvalue weighted by Crippen LogP contribution is -2.14. The van der Waals surface area contributed by atoms with Crippen molar-refractivity contribution in [2.75, 3.05) is 14.2 Å². The predicted octanol–water partition coefficient (Wildman–Crippen LogP) is 1.42. The number of carbonyl (C=O) groups is 2. The first-order chi connectivity index (χ1) is 7.11. The molecule has 0 atom stereocenters. The van der Waals surface area contributed by atoms with Gasteiger partial charge in [-0.3, -0.25) is 0 Å². The van der Waals surface area contributed by atoms with Gasteiger partial charge < -0.3 is 9.47 Å². The van der Waals surface area contributed by atoms with E-state index in [1.165, 1.54) is 20.4 Å². The van der Waals surface area contributed by atoms with E-state index >= 15 is 0 Å². The van der Waals surface area contributed by atoms with E-state index in [1.54, 1.807) is 6.07 Å². The fourth-order valence-corrected chi connectivity index (χ4v) is 1.45. The third kappa shape index (κ3) is 2.33. The Morgan fingerprint density at radius 3 is 2.40 bits per heavy atom. The molecule has 1 rings (SSSR count). The van der Waals surface area contributed by atoms with Crippen LogP contribution in [0.1, 0.15) is 20.8 Å². The predicted molar refractivity (Wildman–Crippen MR) is 54.6 cm³/mol. The monoisotopic (exact) mass is 273 g/mol. The lowest BCUT2D eigenvalue weighted by molar-refractivity contribution is 0.0549. The Bertz CT molecular complexity index is 405. The average molecular weight is 274 g/mol. The molecule has 0 unspecified atom stereocenters. The molecule has 0 aromatic carbocycles. The van der Waals surface area contributed by atoms with Gasteiger partial charge in [0.15, 0.2) is 5.69 Å². The summed E-state index contributed by atoms with van der Waals surface area (Å²) in [4.78, 5) is 26.4. The maximum Gasteiger partial charge on any atom is 0.357 e. The number of carbonyl (C=O) groups excluding carboxylic acids is 2. The smallest absolute Gasteiger partial charge is 0.357 e. The van der Waals surface area contributed by atoms with Crippen molar-refractivity contribution in [2.24, 2.45) is 0 Å². The van der Waals surface area contributed by atoms with Crippen LogP contribution in [0.25, 0.3) is 0 Å². The molecule has 5 nitrogen and oxygen atoms in total. The van der Waals surface area contributed by atoms with Crippen LogP contribution in [0.2, 0.25) is 0 Å². The number of ether oxygens (including phenoxy) is 2. The standard InChI is InChI=1S/C9H8BrNO4/c1-14-8(12)6-5(10)3-4-11-7(6)9(13)15-2/h3-4H,1-2H3. The molecule has 0 aliphatic rings. The summed E-state index contributed by atoms with van der Waals surface area (Å²) in [5, 5.41) is 0. The molecule has 6 heteroatoms. The van der Waals surface area contributed by atoms with Crippen molar-refractivity contribution in [2.45, 2.75) is 0 Å². The van der Waals surface area contributed by atoms with Gasteiger partial charge in [-0.05, 0) is 22.0 Å². The van der Waals surface area contributed by atoms with E-state index in [-0.39, 0.29) is 11.3 Å². The summed E-state index contributed by atoms with van der Waals surface area (Å²) < 4.78 is 9.47. The molecule has 0 fully saturated rings. The quantitative estimate of drug-likeness (QED) is 0.763. The fourth-order valence-electron chi connectivity index (χ4n) is 0.986. The van der Waals surface area contributed by atoms with Crippen LogP contribution >= 0.6 is 15.9 Å². The molecule has 0 radical (unpaired) electrons. The summed E-state index contributed by atoms with van der Waals surface area (Å²) in [6.45, 7) is 0. The van der Waals surface area contributed by atoms with E-state index in [0.717, 1.165) is 0 Å². The first-order valence-corrected chi connectivity index (χ1v) is 4.72. The Balaban J connectivity index is 3.32. The van der Waals surface area contributed by atoms with Gasteiger partial charge in [-0.2, -0.15) is 0 Å². The molecule has 1 aromatic rings. The number of halogens is 1. The summed E-state index contributed by atoms with van der Waals surface area (Å²) in [6.07, 6.45) is 1.39. The molecule has 0 saturated heterocycles. The molecule has 15 heavy (non-hydrogen) atoms. The third-order valence-corrected chi connectivity index (χ3v) is 2.33. The SMILES string of the molecule is COC(=O)c1nccc(Br)c1C(=O)OC. The van der Waals surface area contributed by atoms with Crippen molar-refractivity contribution in [1.82, 2.24) is 4.98 Å². The zero-order valence-electron chi connectivity index (χ0n) is 8.11. The Hall–Kier alpha value is -1.43. The number of nitrogens with zero attached hydrogens (tertiary/aromatic N) is 1. The number of esters is 2. The highest BCUT2D eigenvalue weighted by Crippen LogP contribution is 2.20. The maximum absolute atomic E-state index is 11.4. The first kappa shape index (κ1) is 11.6. The van der Waals surface area contributed by atoms with Crippen LogP contribution in [0.5, 0.6) is 0 Å². The van der Waals surface area contributed by atoms with Crippen LogP contribution < -0.4 is 0 Å². The molecule has 0 saturated carbocycles. The fraction of sp³-hybridized carbons (Fsp3) is 0.222. The Kier molecular flexibility index (Phi) is 3.79. The number of rotatable bonds is 2. The van der Waals surface area contributed by atoms with E-state index in [4.69, 9.17) is 0 Å². The van der Waals surface area contributed by atoms with Gasteiger partial charge in [-0.15, -0.1) is 0 Å². The van der Waals surface area contributed by atoms with Gasteiger partial charge in [0.1, 0.15) is 5.56 Å². The van der Waals surface area contributed by atoms with Crippen LogP contribution in [-0.4, -0.2) is 31.1 Å². The molecule has 1 aromatic heterocycles. The van der Waals surface area contributed by atoms with Crippen molar-refractivity contribution < 1.29 is 19.1 Å². The van der Waals surface area contributed by atoms with Crippen molar-refractivity contribution in [3.05, 3.63) is 28.0 Å². The van der Waals surface area contributed by atoms with Crippen LogP contribution in [0, 0.1) is 0 Å². The van der Waals surface area contributed by atoms with Crippen LogP contribution in [0.3, 0.4) is 0 Å². The van der Waals surface area contributed by atoms with Crippen LogP contribution in [0.4, 0.5) is 0 Å². The summed E-state index contributed by atoms with van der Waals surface area (Å²) in [5.41, 5.74) is -0.00873. The molecular weight excluding hydrogens is 266 g/mol. The second-order valence-corrected chi connectivity index (χ2v) is 3.35. The van der Waals surface area contributed by atoms with Gasteiger partial charge in [0.25, 0.3) is 0 Å². The Morgan fingerprint density at radius 2 is 1.87 bits per heavy atom. The molecule has 0 aliphatic carbocycles. The highest BCUT2D eigenvalue weighted by Gasteiger charge is 2.22. The van der Waals surface area contributed by atoms with Crippen molar-refractivity contribution in [3.63, 3.8) is 0 Å². The highest BCUT2D eigenvalue weighted by atomic mass is 79.9. The van der Waals surface area contributed by atoms with Crippen molar-refractivity contribution >= 4 is 27.9 Å². The molecule has 0 aliphatic heterocycles. The number of aromatic nitrogens is 1. The second kappa shape index (κ2) is 4.88. The van der Waals surface area contributed by atoms with E-state index < -0.39 is 11.9 Å². The van der Waals surface area contributed by atoms with Crippen molar-refractivity contribution in [3.8, 4) is 0 Å². The number of methoxy groups -OCH3 is 2. The summed E-state index contributed by atoms with van der Waals surface area (Å²) >= 11 is 3.14. The van der Waals surface area contributed by atoms with Crippen LogP contribution in [0.15, 0.2) is 16.7 Å². The van der Waals surface area contributed by atoms with Gasteiger partial charge in [-0.25, -0.2) is 14.6 Å². The lowest BCUT2D eigenvalue weighted by Gasteiger charge is -2.06. The van der Waals surface area contributed by atoms with Gasteiger partial charge >= 0.3 is 11.9 Å². The summed E-state index contributed by atoms with van der Waals surface area (Å²) in [5.74, 6) is -1.33. The van der Waals surface area contributed by atoms with Crippen molar-refractivity contribution in [1.29, 1.82) is 0 Å². The van der Waals surface area contributed by atoms with E-state index in [0.29, 0.717) is 4.47 Å². The minimum atomic E-state index is -0.684. The zero-order valence-corrected chi connectivity index (χ0v) is 9.70. The zero-order chi connectivity index (χ0) is 11.4. The molecule has 0 spiro atoms. The molecular formula is C9H8BrNO4. The lowest BCUT2D eigenvalue weighted by atomic mass is 10.2. The Morgan fingerprint density at radius 1 is 1.27 bits per heavy atom. The normalized spacial score (nSPS) is 9.53. The first-order valence-electron chi connectivity index (χ1n) is 3.93. The summed E-state index contributed by atoms with van der Waals surface area (Å²) in [6, 6.07) is 1.54. The van der Waals surface area contributed by atoms with Gasteiger partial charge in [0, 0.05) is 10.7 Å². The Labute approximate surface area is 94.5 Å². The highest BCUT2D eigenvalue weighted by molar-refractivity contribution is 9.10. The third-order valence-electron chi connectivity index (χ3n) is 1.67. The molecule has 0 amide bonds. The minimum Gasteiger partial charge on any atom is -0.465 e. The topological polar surface area (TPSA) is 65.5 Å². The van der Waals surface area contributed by atoms with E-state index in [9.17, 15) is 9.59 Å². The van der Waals surface area contributed by atoms with E-state index in [2.05, 4.69) is 30.4 Å². The molecule has 0 bridgehead atoms. The molecule has 0 N–H and O–H groups in total.